The maximum atomic E-state index is 12.1. The zero-order valence-electron chi connectivity index (χ0n) is 11.0. The molecule has 0 aliphatic heterocycles. The lowest BCUT2D eigenvalue weighted by Gasteiger charge is -2.26. The second-order valence-electron chi connectivity index (χ2n) is 4.35. The minimum absolute atomic E-state index is 0.0824. The van der Waals surface area contributed by atoms with E-state index < -0.39 is 0 Å². The van der Waals surface area contributed by atoms with Crippen LogP contribution in [-0.4, -0.2) is 38.1 Å². The van der Waals surface area contributed by atoms with E-state index in [2.05, 4.69) is 15.5 Å². The fourth-order valence-electron chi connectivity index (χ4n) is 1.77. The zero-order chi connectivity index (χ0) is 14.7. The molecule has 6 nitrogen and oxygen atoms in total. The van der Waals surface area contributed by atoms with Crippen molar-refractivity contribution in [3.8, 4) is 0 Å². The van der Waals surface area contributed by atoms with Crippen molar-refractivity contribution in [1.29, 1.82) is 0 Å². The topological polar surface area (TPSA) is 63.9 Å². The molecule has 1 aromatic heterocycles. The van der Waals surface area contributed by atoms with Crippen LogP contribution in [0.4, 0.5) is 0 Å². The third kappa shape index (κ3) is 3.26. The Balaban J connectivity index is 2.11. The van der Waals surface area contributed by atoms with Gasteiger partial charge in [0.15, 0.2) is 0 Å². The van der Waals surface area contributed by atoms with Gasteiger partial charge in [0.05, 0.1) is 6.04 Å². The summed E-state index contributed by atoms with van der Waals surface area (Å²) in [4.78, 5) is 13.7. The number of rotatable bonds is 4. The Morgan fingerprint density at radius 2 is 2.20 bits per heavy atom. The third-order valence-corrected chi connectivity index (χ3v) is 3.64. The monoisotopic (exact) mass is 313 g/mol. The van der Waals surface area contributed by atoms with E-state index in [0.29, 0.717) is 10.0 Å². The largest absolute Gasteiger partial charge is 0.337 e. The summed E-state index contributed by atoms with van der Waals surface area (Å²) in [5.41, 5.74) is 0.837. The van der Waals surface area contributed by atoms with Crippen LogP contribution in [0.5, 0.6) is 0 Å². The molecule has 0 fully saturated rings. The number of halogens is 2. The Bertz CT molecular complexity index is 602. The molecule has 1 amide bonds. The zero-order valence-corrected chi connectivity index (χ0v) is 12.5. The third-order valence-electron chi connectivity index (χ3n) is 3.08. The first kappa shape index (κ1) is 14.7. The molecule has 0 spiro atoms. The Morgan fingerprint density at radius 3 is 2.80 bits per heavy atom. The van der Waals surface area contributed by atoms with E-state index in [0.717, 1.165) is 5.56 Å². The standard InChI is InChI=1S/C12H13Cl2N5O/c1-8(10-4-3-9(13)5-11(10)14)18(2)12(20)6-19-7-15-16-17-19/h3-5,7-8H,6H2,1-2H3/t8-/m1/s1. The maximum Gasteiger partial charge on any atom is 0.244 e. The van der Waals surface area contributed by atoms with E-state index in [1.54, 1.807) is 24.1 Å². The summed E-state index contributed by atoms with van der Waals surface area (Å²) in [5, 5.41) is 11.7. The van der Waals surface area contributed by atoms with E-state index in [4.69, 9.17) is 23.2 Å². The Hall–Kier alpha value is -1.66. The van der Waals surface area contributed by atoms with Crippen LogP contribution in [0.25, 0.3) is 0 Å². The molecule has 0 aliphatic rings. The summed E-state index contributed by atoms with van der Waals surface area (Å²) in [6, 6.07) is 5.05. The van der Waals surface area contributed by atoms with E-state index in [1.165, 1.54) is 11.0 Å². The molecule has 0 saturated heterocycles. The first-order valence-corrected chi connectivity index (χ1v) is 6.66. The van der Waals surface area contributed by atoms with Gasteiger partial charge in [-0.2, -0.15) is 0 Å². The molecule has 2 aromatic rings. The summed E-state index contributed by atoms with van der Waals surface area (Å²) in [6.07, 6.45) is 1.39. The average molecular weight is 314 g/mol. The summed E-state index contributed by atoms with van der Waals surface area (Å²) < 4.78 is 1.37. The van der Waals surface area contributed by atoms with E-state index in [1.807, 2.05) is 13.0 Å². The second-order valence-corrected chi connectivity index (χ2v) is 5.20. The highest BCUT2D eigenvalue weighted by atomic mass is 35.5. The van der Waals surface area contributed by atoms with Gasteiger partial charge in [0.1, 0.15) is 12.9 Å². The molecule has 20 heavy (non-hydrogen) atoms. The smallest absolute Gasteiger partial charge is 0.244 e. The van der Waals surface area contributed by atoms with Gasteiger partial charge in [-0.1, -0.05) is 29.3 Å². The average Bonchev–Trinajstić information content (AvgIpc) is 2.90. The van der Waals surface area contributed by atoms with Gasteiger partial charge in [-0.25, -0.2) is 4.68 Å². The van der Waals surface area contributed by atoms with Gasteiger partial charge < -0.3 is 4.90 Å². The van der Waals surface area contributed by atoms with Crippen molar-refractivity contribution in [3.63, 3.8) is 0 Å². The second kappa shape index (κ2) is 6.19. The Morgan fingerprint density at radius 1 is 1.45 bits per heavy atom. The van der Waals surface area contributed by atoms with Crippen molar-refractivity contribution in [2.75, 3.05) is 7.05 Å². The fraction of sp³-hybridized carbons (Fsp3) is 0.333. The predicted molar refractivity (Wildman–Crippen MR) is 75.5 cm³/mol. The molecular weight excluding hydrogens is 301 g/mol. The lowest BCUT2D eigenvalue weighted by molar-refractivity contribution is -0.132. The van der Waals surface area contributed by atoms with Crippen LogP contribution in [0.1, 0.15) is 18.5 Å². The van der Waals surface area contributed by atoms with Crippen LogP contribution in [0.15, 0.2) is 24.5 Å². The van der Waals surface area contributed by atoms with Gasteiger partial charge in [-0.3, -0.25) is 4.79 Å². The van der Waals surface area contributed by atoms with E-state index in [9.17, 15) is 4.79 Å². The Labute approximate surface area is 126 Å². The van der Waals surface area contributed by atoms with Crippen LogP contribution in [0.3, 0.4) is 0 Å². The number of amides is 1. The first-order chi connectivity index (χ1) is 9.49. The van der Waals surface area contributed by atoms with Crippen LogP contribution in [0.2, 0.25) is 10.0 Å². The number of carbonyl (C=O) groups is 1. The molecule has 1 aromatic carbocycles. The molecule has 2 rings (SSSR count). The van der Waals surface area contributed by atoms with Gasteiger partial charge >= 0.3 is 0 Å². The van der Waals surface area contributed by atoms with Crippen LogP contribution < -0.4 is 0 Å². The number of nitrogens with zero attached hydrogens (tertiary/aromatic N) is 5. The van der Waals surface area contributed by atoms with Crippen molar-refractivity contribution >= 4 is 29.1 Å². The molecule has 0 N–H and O–H groups in total. The molecule has 0 bridgehead atoms. The highest BCUT2D eigenvalue weighted by Crippen LogP contribution is 2.29. The highest BCUT2D eigenvalue weighted by molar-refractivity contribution is 6.35. The number of benzene rings is 1. The van der Waals surface area contributed by atoms with Crippen molar-refractivity contribution < 1.29 is 4.79 Å². The molecule has 8 heteroatoms. The molecule has 0 unspecified atom stereocenters. The number of carbonyl (C=O) groups excluding carboxylic acids is 1. The SMILES string of the molecule is C[C@H](c1ccc(Cl)cc1Cl)N(C)C(=O)Cn1cnnn1. The van der Waals surface area contributed by atoms with Gasteiger partial charge in [0.2, 0.25) is 5.91 Å². The quantitative estimate of drug-likeness (QED) is 0.868. The van der Waals surface area contributed by atoms with Crippen molar-refractivity contribution in [1.82, 2.24) is 25.1 Å². The van der Waals surface area contributed by atoms with Crippen molar-refractivity contribution in [3.05, 3.63) is 40.1 Å². The molecular formula is C12H13Cl2N5O. The molecule has 0 radical (unpaired) electrons. The van der Waals surface area contributed by atoms with Gasteiger partial charge in [-0.05, 0) is 35.0 Å². The van der Waals surface area contributed by atoms with Crippen LogP contribution in [0, 0.1) is 0 Å². The molecule has 0 aliphatic carbocycles. The van der Waals surface area contributed by atoms with E-state index >= 15 is 0 Å². The molecule has 0 saturated carbocycles. The maximum absolute atomic E-state index is 12.1. The molecule has 1 heterocycles. The van der Waals surface area contributed by atoms with Gasteiger partial charge in [-0.15, -0.1) is 5.10 Å². The number of hydrogen-bond donors (Lipinski definition) is 0. The van der Waals surface area contributed by atoms with Gasteiger partial charge in [0.25, 0.3) is 0 Å². The van der Waals surface area contributed by atoms with Crippen LogP contribution in [-0.2, 0) is 11.3 Å². The lowest BCUT2D eigenvalue weighted by atomic mass is 10.1. The fourth-order valence-corrected chi connectivity index (χ4v) is 2.33. The first-order valence-electron chi connectivity index (χ1n) is 5.90. The minimum atomic E-state index is -0.177. The normalized spacial score (nSPS) is 12.2. The lowest BCUT2D eigenvalue weighted by Crippen LogP contribution is -2.32. The number of hydrogen-bond acceptors (Lipinski definition) is 4. The van der Waals surface area contributed by atoms with Crippen LogP contribution >= 0.6 is 23.2 Å². The summed E-state index contributed by atoms with van der Waals surface area (Å²) >= 11 is 12.0. The van der Waals surface area contributed by atoms with E-state index in [-0.39, 0.29) is 18.5 Å². The van der Waals surface area contributed by atoms with Crippen molar-refractivity contribution in [2.24, 2.45) is 0 Å². The summed E-state index contributed by atoms with van der Waals surface area (Å²) in [5.74, 6) is -0.115. The summed E-state index contributed by atoms with van der Waals surface area (Å²) in [6.45, 7) is 1.98. The highest BCUT2D eigenvalue weighted by Gasteiger charge is 2.20. The minimum Gasteiger partial charge on any atom is -0.337 e. The van der Waals surface area contributed by atoms with Gasteiger partial charge in [0, 0.05) is 17.1 Å². The number of aromatic nitrogens is 4. The molecule has 106 valence electrons. The Kier molecular flexibility index (Phi) is 4.57. The number of likely N-dealkylation sites (N-methyl/N-ethyl adjacent to an activating group) is 1. The number of tetrazole rings is 1. The van der Waals surface area contributed by atoms with Crippen molar-refractivity contribution in [2.45, 2.75) is 19.5 Å². The summed E-state index contributed by atoms with van der Waals surface area (Å²) in [7, 11) is 1.71. The molecule has 1 atom stereocenters. The predicted octanol–water partition coefficient (Wildman–Crippen LogP) is 2.20.